The fraction of sp³-hybridized carbons (Fsp3) is 0.0800. The zero-order valence-electron chi connectivity index (χ0n) is 16.0. The first-order chi connectivity index (χ1) is 14.6. The number of carboxylic acids is 1. The van der Waals surface area contributed by atoms with Gasteiger partial charge in [0, 0.05) is 6.42 Å². The van der Waals surface area contributed by atoms with Crippen LogP contribution in [0.3, 0.4) is 0 Å². The summed E-state index contributed by atoms with van der Waals surface area (Å²) in [5.74, 6) is -1.61. The lowest BCUT2D eigenvalue weighted by Crippen LogP contribution is -2.42. The Bertz CT molecular complexity index is 1270. The Morgan fingerprint density at radius 1 is 0.900 bits per heavy atom. The number of fused-ring (bicyclic) bond motifs is 2. The molecule has 5 nitrogen and oxygen atoms in total. The minimum atomic E-state index is -1.16. The molecule has 0 bridgehead atoms. The second-order valence-corrected chi connectivity index (χ2v) is 7.03. The van der Waals surface area contributed by atoms with E-state index in [0.29, 0.717) is 16.7 Å². The van der Waals surface area contributed by atoms with E-state index in [-0.39, 0.29) is 6.42 Å². The molecule has 146 valence electrons. The largest absolute Gasteiger partial charge is 0.480 e. The molecule has 0 spiro atoms. The van der Waals surface area contributed by atoms with Crippen LogP contribution in [-0.2, 0) is 11.2 Å². The van der Waals surface area contributed by atoms with Crippen LogP contribution in [0.4, 0.5) is 0 Å². The molecule has 0 aromatic heterocycles. The number of nitriles is 1. The summed E-state index contributed by atoms with van der Waals surface area (Å²) < 4.78 is 0. The van der Waals surface area contributed by atoms with Gasteiger partial charge >= 0.3 is 5.97 Å². The summed E-state index contributed by atoms with van der Waals surface area (Å²) >= 11 is 0. The lowest BCUT2D eigenvalue weighted by atomic mass is 9.95. The van der Waals surface area contributed by atoms with Crippen LogP contribution in [0, 0.1) is 11.3 Å². The fourth-order valence-corrected chi connectivity index (χ4v) is 3.72. The Morgan fingerprint density at radius 2 is 1.47 bits per heavy atom. The molecule has 1 amide bonds. The van der Waals surface area contributed by atoms with Gasteiger partial charge in [0.05, 0.1) is 17.2 Å². The van der Waals surface area contributed by atoms with Gasteiger partial charge in [0.2, 0.25) is 0 Å². The lowest BCUT2D eigenvalue weighted by molar-refractivity contribution is -0.139. The van der Waals surface area contributed by atoms with Crippen LogP contribution < -0.4 is 5.32 Å². The molecule has 0 aliphatic rings. The highest BCUT2D eigenvalue weighted by atomic mass is 16.4. The second kappa shape index (κ2) is 8.06. The predicted molar refractivity (Wildman–Crippen MR) is 115 cm³/mol. The average molecular weight is 394 g/mol. The van der Waals surface area contributed by atoms with Crippen LogP contribution in [-0.4, -0.2) is 23.0 Å². The van der Waals surface area contributed by atoms with Crippen molar-refractivity contribution in [3.63, 3.8) is 0 Å². The fourth-order valence-electron chi connectivity index (χ4n) is 3.72. The number of nitrogens with one attached hydrogen (secondary N) is 1. The minimum Gasteiger partial charge on any atom is -0.480 e. The van der Waals surface area contributed by atoms with Crippen molar-refractivity contribution in [1.29, 1.82) is 5.26 Å². The molecule has 0 radical (unpaired) electrons. The van der Waals surface area contributed by atoms with Crippen LogP contribution in [0.1, 0.15) is 21.5 Å². The number of hydrogen-bond acceptors (Lipinski definition) is 3. The molecule has 2 N–H and O–H groups in total. The number of carbonyl (C=O) groups is 2. The quantitative estimate of drug-likeness (QED) is 0.494. The summed E-state index contributed by atoms with van der Waals surface area (Å²) in [6, 6.07) is 24.8. The van der Waals surface area contributed by atoms with Crippen LogP contribution in [0.5, 0.6) is 0 Å². The van der Waals surface area contributed by atoms with Crippen molar-refractivity contribution in [2.45, 2.75) is 12.5 Å². The maximum atomic E-state index is 13.3. The monoisotopic (exact) mass is 394 g/mol. The summed E-state index contributed by atoms with van der Waals surface area (Å²) in [6.07, 6.45) is 0.0213. The first kappa shape index (κ1) is 19.2. The molecule has 1 atom stereocenters. The third-order valence-electron chi connectivity index (χ3n) is 5.16. The van der Waals surface area contributed by atoms with Crippen LogP contribution in [0.2, 0.25) is 0 Å². The molecule has 5 heteroatoms. The van der Waals surface area contributed by atoms with Gasteiger partial charge in [0.25, 0.3) is 5.91 Å². The third kappa shape index (κ3) is 3.59. The summed E-state index contributed by atoms with van der Waals surface area (Å²) in [5, 5.41) is 25.0. The molecule has 0 unspecified atom stereocenters. The number of nitrogens with zero attached hydrogens (tertiary/aromatic N) is 1. The van der Waals surface area contributed by atoms with Gasteiger partial charge in [-0.25, -0.2) is 4.79 Å². The summed E-state index contributed by atoms with van der Waals surface area (Å²) in [6.45, 7) is 0. The van der Waals surface area contributed by atoms with Crippen molar-refractivity contribution >= 4 is 33.4 Å². The summed E-state index contributed by atoms with van der Waals surface area (Å²) in [4.78, 5) is 25.2. The van der Waals surface area contributed by atoms with Crippen molar-refractivity contribution in [1.82, 2.24) is 5.32 Å². The van der Waals surface area contributed by atoms with Crippen molar-refractivity contribution < 1.29 is 14.7 Å². The van der Waals surface area contributed by atoms with Crippen molar-refractivity contribution in [3.05, 3.63) is 95.6 Å². The molecular formula is C25H18N2O3. The number of rotatable bonds is 5. The highest BCUT2D eigenvalue weighted by Crippen LogP contribution is 2.28. The van der Waals surface area contributed by atoms with Gasteiger partial charge in [-0.05, 0) is 39.2 Å². The minimum absolute atomic E-state index is 0.0213. The number of carboxylic acid groups (broad SMARTS) is 1. The van der Waals surface area contributed by atoms with E-state index in [4.69, 9.17) is 0 Å². The molecule has 0 fully saturated rings. The molecule has 0 aliphatic heterocycles. The van der Waals surface area contributed by atoms with E-state index >= 15 is 0 Å². The zero-order valence-corrected chi connectivity index (χ0v) is 16.0. The van der Waals surface area contributed by atoms with E-state index in [9.17, 15) is 20.0 Å². The van der Waals surface area contributed by atoms with E-state index in [0.717, 1.165) is 21.5 Å². The average Bonchev–Trinajstić information content (AvgIpc) is 2.77. The van der Waals surface area contributed by atoms with E-state index in [2.05, 4.69) is 11.4 Å². The maximum absolute atomic E-state index is 13.3. The molecule has 0 heterocycles. The molecule has 0 saturated heterocycles. The van der Waals surface area contributed by atoms with E-state index < -0.39 is 17.9 Å². The maximum Gasteiger partial charge on any atom is 0.326 e. The lowest BCUT2D eigenvalue weighted by Gasteiger charge is -2.17. The van der Waals surface area contributed by atoms with E-state index in [1.165, 1.54) is 0 Å². The Kier molecular flexibility index (Phi) is 5.15. The highest BCUT2D eigenvalue weighted by molar-refractivity contribution is 6.18. The molecular weight excluding hydrogens is 376 g/mol. The molecule has 4 aromatic carbocycles. The first-order valence-corrected chi connectivity index (χ1v) is 9.50. The van der Waals surface area contributed by atoms with Gasteiger partial charge in [-0.1, -0.05) is 66.7 Å². The topological polar surface area (TPSA) is 90.2 Å². The van der Waals surface area contributed by atoms with Gasteiger partial charge in [-0.3, -0.25) is 4.79 Å². The molecule has 4 aromatic rings. The number of hydrogen-bond donors (Lipinski definition) is 2. The Morgan fingerprint density at radius 3 is 2.07 bits per heavy atom. The molecule has 4 rings (SSSR count). The number of aliphatic carboxylic acids is 1. The smallest absolute Gasteiger partial charge is 0.326 e. The summed E-state index contributed by atoms with van der Waals surface area (Å²) in [5.41, 5.74) is 1.42. The third-order valence-corrected chi connectivity index (χ3v) is 5.16. The van der Waals surface area contributed by atoms with Gasteiger partial charge in [0.1, 0.15) is 6.04 Å². The first-order valence-electron chi connectivity index (χ1n) is 9.50. The number of carbonyl (C=O) groups excluding carboxylic acids is 1. The molecule has 0 saturated carbocycles. The number of amides is 1. The van der Waals surface area contributed by atoms with Crippen LogP contribution in [0.25, 0.3) is 21.5 Å². The molecule has 30 heavy (non-hydrogen) atoms. The van der Waals surface area contributed by atoms with E-state index in [1.807, 2.05) is 54.6 Å². The molecule has 0 aliphatic carbocycles. The number of benzene rings is 4. The summed E-state index contributed by atoms with van der Waals surface area (Å²) in [7, 11) is 0. The zero-order chi connectivity index (χ0) is 21.1. The Labute approximate surface area is 173 Å². The second-order valence-electron chi connectivity index (χ2n) is 7.03. The van der Waals surface area contributed by atoms with Gasteiger partial charge in [-0.2, -0.15) is 5.26 Å². The normalized spacial score (nSPS) is 11.7. The van der Waals surface area contributed by atoms with Crippen LogP contribution >= 0.6 is 0 Å². The van der Waals surface area contributed by atoms with Gasteiger partial charge in [0.15, 0.2) is 0 Å². The van der Waals surface area contributed by atoms with Gasteiger partial charge in [-0.15, -0.1) is 0 Å². The van der Waals surface area contributed by atoms with Crippen LogP contribution in [0.15, 0.2) is 78.9 Å². The highest BCUT2D eigenvalue weighted by Gasteiger charge is 2.24. The SMILES string of the molecule is N#Cc1ccccc1C[C@H](NC(=O)c1c2ccccc2cc2ccccc12)C(=O)O. The Hall–Kier alpha value is -4.17. The Balaban J connectivity index is 1.75. The van der Waals surface area contributed by atoms with Gasteiger partial charge < -0.3 is 10.4 Å². The standard InChI is InChI=1S/C25H18N2O3/c26-15-19-10-2-1-7-16(19)14-22(25(29)30)27-24(28)23-20-11-5-3-8-17(20)13-18-9-4-6-12-21(18)23/h1-13,22H,14H2,(H,27,28)(H,29,30)/t22-/m0/s1. The predicted octanol–water partition coefficient (Wildman–Crippen LogP) is 4.29. The van der Waals surface area contributed by atoms with E-state index in [1.54, 1.807) is 24.3 Å². The van der Waals surface area contributed by atoms with Crippen molar-refractivity contribution in [2.24, 2.45) is 0 Å². The van der Waals surface area contributed by atoms with Crippen molar-refractivity contribution in [3.8, 4) is 6.07 Å². The van der Waals surface area contributed by atoms with Crippen molar-refractivity contribution in [2.75, 3.05) is 0 Å².